The highest BCUT2D eigenvalue weighted by atomic mass is 19.1. The van der Waals surface area contributed by atoms with Gasteiger partial charge in [0, 0.05) is 43.0 Å². The van der Waals surface area contributed by atoms with Crippen LogP contribution in [0.4, 0.5) is 14.0 Å². The Balaban J connectivity index is 0.884. The van der Waals surface area contributed by atoms with Crippen LogP contribution in [0.5, 0.6) is 0 Å². The zero-order valence-corrected chi connectivity index (χ0v) is 37.3. The molecule has 5 atom stereocenters. The second-order valence-electron chi connectivity index (χ2n) is 17.6. The van der Waals surface area contributed by atoms with E-state index in [1.54, 1.807) is 23.4 Å². The van der Waals surface area contributed by atoms with Gasteiger partial charge in [-0.05, 0) is 96.9 Å². The molecule has 0 bridgehead atoms. The number of likely N-dealkylation sites (tertiary alicyclic amines) is 2. The molecule has 1 aliphatic carbocycles. The number of allylic oxidation sites excluding steroid dienone is 3. The monoisotopic (exact) mass is 898 g/mol. The van der Waals surface area contributed by atoms with Crippen molar-refractivity contribution in [3.8, 4) is 33.6 Å². The summed E-state index contributed by atoms with van der Waals surface area (Å²) < 4.78 is 31.3. The molecule has 0 radical (unpaired) electrons. The van der Waals surface area contributed by atoms with E-state index in [-0.39, 0.29) is 41.6 Å². The molecule has 16 heteroatoms. The molecule has 66 heavy (non-hydrogen) atoms. The van der Waals surface area contributed by atoms with E-state index in [0.29, 0.717) is 74.0 Å². The number of carbonyl (C=O) groups is 4. The van der Waals surface area contributed by atoms with E-state index in [9.17, 15) is 19.2 Å². The Morgan fingerprint density at radius 3 is 1.95 bits per heavy atom. The van der Waals surface area contributed by atoms with Crippen molar-refractivity contribution in [3.63, 3.8) is 0 Å². The lowest BCUT2D eigenvalue weighted by Crippen LogP contribution is -2.53. The maximum absolute atomic E-state index is 16.0. The molecule has 3 aromatic carbocycles. The average Bonchev–Trinajstić information content (AvgIpc) is 4.20. The summed E-state index contributed by atoms with van der Waals surface area (Å²) in [6.07, 6.45) is 13.1. The van der Waals surface area contributed by atoms with Crippen LogP contribution in [0.25, 0.3) is 44.4 Å². The van der Waals surface area contributed by atoms with Crippen molar-refractivity contribution in [1.29, 1.82) is 0 Å². The maximum Gasteiger partial charge on any atom is 0.407 e. The molecule has 9 rings (SSSR count). The number of ether oxygens (including phenoxy) is 3. The van der Waals surface area contributed by atoms with E-state index in [4.69, 9.17) is 19.2 Å². The molecule has 3 saturated heterocycles. The number of hydrogen-bond donors (Lipinski definition) is 4. The summed E-state index contributed by atoms with van der Waals surface area (Å²) in [7, 11) is 2.58. The predicted molar refractivity (Wildman–Crippen MR) is 245 cm³/mol. The van der Waals surface area contributed by atoms with Gasteiger partial charge in [0.15, 0.2) is 0 Å². The zero-order valence-electron chi connectivity index (χ0n) is 37.3. The largest absolute Gasteiger partial charge is 0.453 e. The van der Waals surface area contributed by atoms with Crippen LogP contribution < -0.4 is 10.6 Å². The van der Waals surface area contributed by atoms with Crippen molar-refractivity contribution in [2.75, 3.05) is 40.5 Å². The number of aromatic nitrogens is 4. The number of fused-ring (bicyclic) bond motifs is 1. The minimum absolute atomic E-state index is 0.0515. The van der Waals surface area contributed by atoms with Gasteiger partial charge in [0.1, 0.15) is 29.5 Å². The topological polar surface area (TPSA) is 184 Å². The van der Waals surface area contributed by atoms with Crippen molar-refractivity contribution < 1.29 is 37.8 Å². The third kappa shape index (κ3) is 9.06. The highest BCUT2D eigenvalue weighted by Gasteiger charge is 2.41. The number of hydrogen-bond acceptors (Lipinski definition) is 9. The van der Waals surface area contributed by atoms with Crippen LogP contribution in [-0.4, -0.2) is 106 Å². The molecule has 344 valence electrons. The standard InChI is InChI=1S/C50H55FN8O7/c1-29-8-4-5-9-36(29)44(57-50(63)65-3)48(61)59-21-7-11-42(59)46-53-28-40(55-46)35-16-17-37(38(51)26-35)33-14-12-32-25-34(15-13-31(32)24-33)39-27-52-45(54-39)41-10-6-20-58(41)47(60)43(56-49(62)64-2)30-18-22-66-23-19-30/h4-5,9,12-17,24-30,41-44H,6-8,10-11,18-23H2,1-3H3,(H,52,54)(H,53,55)(H,56,62)(H,57,63)/t29?,41-,42-,43-,44+/m0/s1. The van der Waals surface area contributed by atoms with Gasteiger partial charge in [0.25, 0.3) is 0 Å². The maximum atomic E-state index is 16.0. The fourth-order valence-corrected chi connectivity index (χ4v) is 10.0. The van der Waals surface area contributed by atoms with E-state index in [1.165, 1.54) is 20.3 Å². The van der Waals surface area contributed by atoms with Gasteiger partial charge in [0.2, 0.25) is 11.8 Å². The van der Waals surface area contributed by atoms with Crippen molar-refractivity contribution >= 4 is 34.8 Å². The number of aromatic amines is 2. The summed E-state index contributed by atoms with van der Waals surface area (Å²) in [5, 5.41) is 7.47. The molecule has 4 aliphatic rings. The Morgan fingerprint density at radius 1 is 0.758 bits per heavy atom. The van der Waals surface area contributed by atoms with Crippen molar-refractivity contribution in [2.45, 2.75) is 76.0 Å². The molecule has 0 spiro atoms. The lowest BCUT2D eigenvalue weighted by molar-refractivity contribution is -0.137. The number of nitrogens with one attached hydrogen (secondary N) is 4. The van der Waals surface area contributed by atoms with E-state index in [1.807, 2.05) is 66.4 Å². The number of nitrogens with zero attached hydrogens (tertiary/aromatic N) is 4. The Hall–Kier alpha value is -6.81. The number of H-pyrrole nitrogens is 2. The lowest BCUT2D eigenvalue weighted by atomic mass is 9.87. The number of benzene rings is 3. The van der Waals surface area contributed by atoms with Crippen LogP contribution in [0.3, 0.4) is 0 Å². The fourth-order valence-electron chi connectivity index (χ4n) is 10.0. The van der Waals surface area contributed by atoms with Gasteiger partial charge >= 0.3 is 12.2 Å². The Morgan fingerprint density at radius 2 is 1.33 bits per heavy atom. The first kappa shape index (κ1) is 44.4. The molecule has 0 saturated carbocycles. The summed E-state index contributed by atoms with van der Waals surface area (Å²) in [5.74, 6) is 0.557. The van der Waals surface area contributed by atoms with Gasteiger partial charge in [-0.2, -0.15) is 0 Å². The minimum atomic E-state index is -0.870. The Kier molecular flexibility index (Phi) is 13.0. The highest BCUT2D eigenvalue weighted by molar-refractivity contribution is 5.91. The molecule has 3 fully saturated rings. The molecular weight excluding hydrogens is 844 g/mol. The van der Waals surface area contributed by atoms with E-state index in [0.717, 1.165) is 58.8 Å². The molecular formula is C50H55FN8O7. The first-order valence-electron chi connectivity index (χ1n) is 22.8. The van der Waals surface area contributed by atoms with E-state index >= 15 is 4.39 Å². The minimum Gasteiger partial charge on any atom is -0.453 e. The first-order valence-corrected chi connectivity index (χ1v) is 22.8. The van der Waals surface area contributed by atoms with Crippen LogP contribution >= 0.6 is 0 Å². The molecule has 4 amide bonds. The second kappa shape index (κ2) is 19.3. The quantitative estimate of drug-likeness (QED) is 0.102. The van der Waals surface area contributed by atoms with Crippen molar-refractivity contribution in [2.24, 2.45) is 11.8 Å². The molecule has 1 unspecified atom stereocenters. The predicted octanol–water partition coefficient (Wildman–Crippen LogP) is 8.15. The van der Waals surface area contributed by atoms with Gasteiger partial charge in [-0.15, -0.1) is 0 Å². The Bertz CT molecular complexity index is 2690. The van der Waals surface area contributed by atoms with Crippen LogP contribution in [-0.2, 0) is 23.8 Å². The smallest absolute Gasteiger partial charge is 0.407 e. The van der Waals surface area contributed by atoms with Crippen LogP contribution in [0.2, 0.25) is 0 Å². The van der Waals surface area contributed by atoms with Gasteiger partial charge in [-0.25, -0.2) is 23.9 Å². The van der Waals surface area contributed by atoms with Crippen LogP contribution in [0.1, 0.15) is 75.6 Å². The van der Waals surface area contributed by atoms with Gasteiger partial charge in [0.05, 0.1) is 50.1 Å². The summed E-state index contributed by atoms with van der Waals surface area (Å²) in [4.78, 5) is 72.6. The van der Waals surface area contributed by atoms with E-state index in [2.05, 4.69) is 31.7 Å². The first-order chi connectivity index (χ1) is 32.1. The van der Waals surface area contributed by atoms with Gasteiger partial charge in [-0.1, -0.05) is 61.5 Å². The normalized spacial score (nSPS) is 20.8. The number of rotatable bonds is 11. The summed E-state index contributed by atoms with van der Waals surface area (Å²) in [5.41, 5.74) is 4.99. The molecule has 2 aromatic heterocycles. The van der Waals surface area contributed by atoms with Crippen molar-refractivity contribution in [1.82, 2.24) is 40.4 Å². The number of imidazole rings is 2. The summed E-state index contributed by atoms with van der Waals surface area (Å²) in [6, 6.07) is 14.9. The Labute approximate surface area is 382 Å². The van der Waals surface area contributed by atoms with Crippen molar-refractivity contribution in [3.05, 3.63) is 108 Å². The van der Waals surface area contributed by atoms with Gasteiger partial charge in [-0.3, -0.25) is 9.59 Å². The van der Waals surface area contributed by atoms with E-state index < -0.39 is 24.3 Å². The number of methoxy groups -OCH3 is 2. The summed E-state index contributed by atoms with van der Waals surface area (Å²) >= 11 is 0. The number of halogens is 1. The number of carbonyl (C=O) groups excluding carboxylic acids is 4. The SMILES string of the molecule is COC(=O)N[C@@H](C(=O)N1CCC[C@H]1c1ncc(-c2ccc(-c3ccc4cc(-c5cnc([C@@H]6CCCN6C(=O)[C@@H](NC(=O)OC)C6CCOCC6)[nH]5)ccc4c3)c(F)c2)[nH]1)C1=CC=CCC1C. The second-order valence-corrected chi connectivity index (χ2v) is 17.6. The third-order valence-electron chi connectivity index (χ3n) is 13.6. The van der Waals surface area contributed by atoms with Crippen LogP contribution in [0.15, 0.2) is 90.8 Å². The zero-order chi connectivity index (χ0) is 45.9. The molecule has 5 heterocycles. The van der Waals surface area contributed by atoms with Crippen LogP contribution in [0, 0.1) is 17.7 Å². The lowest BCUT2D eigenvalue weighted by Gasteiger charge is -2.34. The molecule has 5 aromatic rings. The molecule has 3 aliphatic heterocycles. The average molecular weight is 899 g/mol. The number of alkyl carbamates (subject to hydrolysis) is 2. The number of amides is 4. The fraction of sp³-hybridized carbons (Fsp3) is 0.400. The molecule has 15 nitrogen and oxygen atoms in total. The van der Waals surface area contributed by atoms with Gasteiger partial charge < -0.3 is 44.6 Å². The third-order valence-corrected chi connectivity index (χ3v) is 13.6. The molecule has 4 N–H and O–H groups in total. The summed E-state index contributed by atoms with van der Waals surface area (Å²) in [6.45, 7) is 4.19. The highest BCUT2D eigenvalue weighted by Crippen LogP contribution is 2.37.